The molecular formula is C11H10FN3O2. The summed E-state index contributed by atoms with van der Waals surface area (Å²) >= 11 is 0. The average Bonchev–Trinajstić information content (AvgIpc) is 2.73. The van der Waals surface area contributed by atoms with Gasteiger partial charge in [0.2, 0.25) is 0 Å². The maximum atomic E-state index is 12.8. The van der Waals surface area contributed by atoms with Crippen molar-refractivity contribution in [3.8, 4) is 5.69 Å². The summed E-state index contributed by atoms with van der Waals surface area (Å²) in [5, 5.41) is 16.7. The normalized spacial score (nSPS) is 10.5. The van der Waals surface area contributed by atoms with E-state index in [1.165, 1.54) is 28.9 Å². The molecular weight excluding hydrogens is 225 g/mol. The van der Waals surface area contributed by atoms with Crippen LogP contribution in [0.2, 0.25) is 0 Å². The summed E-state index contributed by atoms with van der Waals surface area (Å²) in [7, 11) is 0. The lowest BCUT2D eigenvalue weighted by molar-refractivity contribution is 0.0686. The first-order valence-corrected chi connectivity index (χ1v) is 5.07. The highest BCUT2D eigenvalue weighted by Crippen LogP contribution is 2.14. The van der Waals surface area contributed by atoms with Gasteiger partial charge in [-0.05, 0) is 30.7 Å². The lowest BCUT2D eigenvalue weighted by Crippen LogP contribution is -2.09. The number of carbonyl (C=O) groups is 1. The smallest absolute Gasteiger partial charge is 0.356 e. The van der Waals surface area contributed by atoms with Gasteiger partial charge >= 0.3 is 5.97 Å². The van der Waals surface area contributed by atoms with E-state index in [1.54, 1.807) is 6.92 Å². The van der Waals surface area contributed by atoms with Crippen molar-refractivity contribution in [2.45, 2.75) is 13.3 Å². The molecule has 1 N–H and O–H groups in total. The summed E-state index contributed by atoms with van der Waals surface area (Å²) in [5.74, 6) is -1.49. The Hall–Kier alpha value is -2.24. The number of benzene rings is 1. The van der Waals surface area contributed by atoms with E-state index < -0.39 is 5.97 Å². The number of carboxylic acids is 1. The average molecular weight is 235 g/mol. The highest BCUT2D eigenvalue weighted by Gasteiger charge is 2.19. The van der Waals surface area contributed by atoms with Crippen LogP contribution in [-0.2, 0) is 6.42 Å². The predicted molar refractivity (Wildman–Crippen MR) is 57.7 cm³/mol. The molecule has 0 unspecified atom stereocenters. The molecule has 0 radical (unpaired) electrons. The zero-order valence-corrected chi connectivity index (χ0v) is 9.09. The Bertz CT molecular complexity index is 548. The van der Waals surface area contributed by atoms with Crippen molar-refractivity contribution in [1.29, 1.82) is 0 Å². The lowest BCUT2D eigenvalue weighted by Gasteiger charge is -2.03. The van der Waals surface area contributed by atoms with Gasteiger partial charge in [-0.2, -0.15) is 0 Å². The van der Waals surface area contributed by atoms with Crippen molar-refractivity contribution in [1.82, 2.24) is 15.0 Å². The molecule has 2 rings (SSSR count). The Labute approximate surface area is 96.5 Å². The highest BCUT2D eigenvalue weighted by atomic mass is 19.1. The van der Waals surface area contributed by atoms with Gasteiger partial charge in [-0.1, -0.05) is 12.1 Å². The molecule has 0 aliphatic carbocycles. The van der Waals surface area contributed by atoms with E-state index in [-0.39, 0.29) is 11.5 Å². The van der Waals surface area contributed by atoms with Crippen molar-refractivity contribution in [3.05, 3.63) is 41.5 Å². The third kappa shape index (κ3) is 2.01. The van der Waals surface area contributed by atoms with Crippen molar-refractivity contribution >= 4 is 5.97 Å². The molecule has 0 bridgehead atoms. The number of hydrogen-bond acceptors (Lipinski definition) is 3. The number of hydrogen-bond donors (Lipinski definition) is 1. The van der Waals surface area contributed by atoms with Crippen LogP contribution in [0, 0.1) is 5.82 Å². The minimum Gasteiger partial charge on any atom is -0.476 e. The summed E-state index contributed by atoms with van der Waals surface area (Å²) < 4.78 is 14.0. The van der Waals surface area contributed by atoms with Crippen LogP contribution < -0.4 is 0 Å². The van der Waals surface area contributed by atoms with E-state index in [9.17, 15) is 9.18 Å². The molecule has 0 atom stereocenters. The van der Waals surface area contributed by atoms with E-state index in [0.29, 0.717) is 17.8 Å². The van der Waals surface area contributed by atoms with Gasteiger partial charge in [0.1, 0.15) is 5.82 Å². The fourth-order valence-corrected chi connectivity index (χ4v) is 1.53. The minimum absolute atomic E-state index is 0.0131. The monoisotopic (exact) mass is 235 g/mol. The van der Waals surface area contributed by atoms with Crippen LogP contribution in [-0.4, -0.2) is 26.1 Å². The van der Waals surface area contributed by atoms with Crippen molar-refractivity contribution in [2.75, 3.05) is 0 Å². The molecule has 88 valence electrons. The van der Waals surface area contributed by atoms with E-state index >= 15 is 0 Å². The number of aromatic carboxylic acids is 1. The summed E-state index contributed by atoms with van der Waals surface area (Å²) in [4.78, 5) is 11.1. The Kier molecular flexibility index (Phi) is 2.86. The lowest BCUT2D eigenvalue weighted by atomic mass is 10.2. The molecule has 1 aromatic heterocycles. The standard InChI is InChI=1S/C11H10FN3O2/c1-2-9-10(11(16)17)15(14-13-9)8-5-3-7(12)4-6-8/h3-6H,2H2,1H3,(H,16,17). The zero-order chi connectivity index (χ0) is 12.4. The number of halogens is 1. The number of aryl methyl sites for hydroxylation is 1. The summed E-state index contributed by atoms with van der Waals surface area (Å²) in [6.45, 7) is 1.80. The molecule has 0 fully saturated rings. The fourth-order valence-electron chi connectivity index (χ4n) is 1.53. The molecule has 0 aliphatic rings. The van der Waals surface area contributed by atoms with E-state index in [0.717, 1.165) is 0 Å². The molecule has 5 nitrogen and oxygen atoms in total. The third-order valence-corrected chi connectivity index (χ3v) is 2.35. The first kappa shape index (κ1) is 11.3. The zero-order valence-electron chi connectivity index (χ0n) is 9.09. The first-order chi connectivity index (χ1) is 8.13. The highest BCUT2D eigenvalue weighted by molar-refractivity contribution is 5.87. The van der Waals surface area contributed by atoms with E-state index in [4.69, 9.17) is 5.11 Å². The number of carboxylic acid groups (broad SMARTS) is 1. The quantitative estimate of drug-likeness (QED) is 0.878. The third-order valence-electron chi connectivity index (χ3n) is 2.35. The Balaban J connectivity index is 2.55. The molecule has 1 heterocycles. The molecule has 0 saturated carbocycles. The Morgan fingerprint density at radius 1 is 1.41 bits per heavy atom. The number of nitrogens with zero attached hydrogens (tertiary/aromatic N) is 3. The molecule has 0 aliphatic heterocycles. The Morgan fingerprint density at radius 3 is 2.59 bits per heavy atom. The van der Waals surface area contributed by atoms with Gasteiger partial charge in [0, 0.05) is 0 Å². The van der Waals surface area contributed by atoms with Crippen molar-refractivity contribution in [2.24, 2.45) is 0 Å². The van der Waals surface area contributed by atoms with Crippen LogP contribution >= 0.6 is 0 Å². The maximum Gasteiger partial charge on any atom is 0.356 e. The molecule has 2 aromatic rings. The van der Waals surface area contributed by atoms with Gasteiger partial charge in [-0.25, -0.2) is 13.9 Å². The van der Waals surface area contributed by atoms with Crippen molar-refractivity contribution < 1.29 is 14.3 Å². The van der Waals surface area contributed by atoms with Gasteiger partial charge in [0.15, 0.2) is 5.69 Å². The summed E-state index contributed by atoms with van der Waals surface area (Å²) in [5.41, 5.74) is 0.886. The van der Waals surface area contributed by atoms with Crippen LogP contribution in [0.4, 0.5) is 4.39 Å². The molecule has 6 heteroatoms. The van der Waals surface area contributed by atoms with Gasteiger partial charge in [-0.15, -0.1) is 5.10 Å². The van der Waals surface area contributed by atoms with Crippen LogP contribution in [0.25, 0.3) is 5.69 Å². The van der Waals surface area contributed by atoms with Gasteiger partial charge in [0.05, 0.1) is 11.4 Å². The second-order valence-corrected chi connectivity index (χ2v) is 3.43. The number of aromatic nitrogens is 3. The van der Waals surface area contributed by atoms with Gasteiger partial charge in [0.25, 0.3) is 0 Å². The second-order valence-electron chi connectivity index (χ2n) is 3.43. The van der Waals surface area contributed by atoms with E-state index in [1.807, 2.05) is 0 Å². The Morgan fingerprint density at radius 2 is 2.06 bits per heavy atom. The minimum atomic E-state index is -1.10. The first-order valence-electron chi connectivity index (χ1n) is 5.07. The molecule has 0 amide bonds. The van der Waals surface area contributed by atoms with Gasteiger partial charge < -0.3 is 5.11 Å². The van der Waals surface area contributed by atoms with Crippen molar-refractivity contribution in [3.63, 3.8) is 0 Å². The molecule has 0 saturated heterocycles. The van der Waals surface area contributed by atoms with Crippen LogP contribution in [0.5, 0.6) is 0 Å². The fraction of sp³-hybridized carbons (Fsp3) is 0.182. The van der Waals surface area contributed by atoms with Crippen LogP contribution in [0.15, 0.2) is 24.3 Å². The molecule has 1 aromatic carbocycles. The number of rotatable bonds is 3. The molecule has 0 spiro atoms. The van der Waals surface area contributed by atoms with E-state index in [2.05, 4.69) is 10.3 Å². The topological polar surface area (TPSA) is 68.0 Å². The van der Waals surface area contributed by atoms with Crippen LogP contribution in [0.3, 0.4) is 0 Å². The van der Waals surface area contributed by atoms with Gasteiger partial charge in [-0.3, -0.25) is 0 Å². The van der Waals surface area contributed by atoms with Crippen LogP contribution in [0.1, 0.15) is 23.1 Å². The SMILES string of the molecule is CCc1nnn(-c2ccc(F)cc2)c1C(=O)O. The predicted octanol–water partition coefficient (Wildman–Crippen LogP) is 1.67. The summed E-state index contributed by atoms with van der Waals surface area (Å²) in [6, 6.07) is 5.40. The largest absolute Gasteiger partial charge is 0.476 e. The molecule has 17 heavy (non-hydrogen) atoms. The summed E-state index contributed by atoms with van der Waals surface area (Å²) in [6.07, 6.45) is 0.475. The maximum absolute atomic E-state index is 12.8. The second kappa shape index (κ2) is 4.32.